The van der Waals surface area contributed by atoms with E-state index in [-0.39, 0.29) is 4.90 Å². The molecule has 1 aliphatic carbocycles. The van der Waals surface area contributed by atoms with Gasteiger partial charge in [0.1, 0.15) is 4.90 Å². The lowest BCUT2D eigenvalue weighted by Crippen LogP contribution is -2.34. The van der Waals surface area contributed by atoms with Crippen LogP contribution in [0.4, 0.5) is 11.4 Å². The van der Waals surface area contributed by atoms with E-state index < -0.39 is 10.0 Å². The Kier molecular flexibility index (Phi) is 3.49. The Balaban J connectivity index is 2.29. The van der Waals surface area contributed by atoms with Crippen molar-refractivity contribution in [1.29, 1.82) is 0 Å². The van der Waals surface area contributed by atoms with E-state index in [2.05, 4.69) is 17.0 Å². The largest absolute Gasteiger partial charge is 0.399 e. The summed E-state index contributed by atoms with van der Waals surface area (Å²) in [6.07, 6.45) is 2.15. The first-order valence-corrected chi connectivity index (χ1v) is 7.50. The van der Waals surface area contributed by atoms with Crippen molar-refractivity contribution in [1.82, 2.24) is 4.72 Å². The fourth-order valence-electron chi connectivity index (χ4n) is 2.23. The molecule has 1 aromatic carbocycles. The van der Waals surface area contributed by atoms with E-state index >= 15 is 0 Å². The van der Waals surface area contributed by atoms with Crippen molar-refractivity contribution in [2.24, 2.45) is 5.92 Å². The first kappa shape index (κ1) is 13.2. The van der Waals surface area contributed by atoms with E-state index in [4.69, 9.17) is 5.73 Å². The van der Waals surface area contributed by atoms with Crippen LogP contribution in [-0.4, -0.2) is 21.5 Å². The molecule has 5 nitrogen and oxygen atoms in total. The highest BCUT2D eigenvalue weighted by Crippen LogP contribution is 2.32. The van der Waals surface area contributed by atoms with Crippen molar-refractivity contribution in [3.8, 4) is 0 Å². The zero-order valence-corrected chi connectivity index (χ0v) is 11.4. The number of nitrogens with two attached hydrogens (primary N) is 1. The van der Waals surface area contributed by atoms with Gasteiger partial charge in [0, 0.05) is 11.7 Å². The Labute approximate surface area is 108 Å². The van der Waals surface area contributed by atoms with Crippen LogP contribution in [0.2, 0.25) is 0 Å². The Bertz CT molecular complexity index is 536. The molecule has 1 aliphatic rings. The highest BCUT2D eigenvalue weighted by atomic mass is 32.2. The Morgan fingerprint density at radius 1 is 1.33 bits per heavy atom. The molecule has 2 rings (SSSR count). The van der Waals surface area contributed by atoms with E-state index in [1.165, 1.54) is 13.1 Å². The van der Waals surface area contributed by atoms with Gasteiger partial charge in [0.05, 0.1) is 5.69 Å². The second-order valence-corrected chi connectivity index (χ2v) is 6.74. The first-order valence-electron chi connectivity index (χ1n) is 6.02. The van der Waals surface area contributed by atoms with Gasteiger partial charge in [0.2, 0.25) is 10.0 Å². The lowest BCUT2D eigenvalue weighted by atomic mass is 9.82. The van der Waals surface area contributed by atoms with Gasteiger partial charge < -0.3 is 11.1 Å². The summed E-state index contributed by atoms with van der Waals surface area (Å²) in [6.45, 7) is 2.19. The molecule has 1 aromatic rings. The van der Waals surface area contributed by atoms with Gasteiger partial charge in [-0.05, 0) is 44.0 Å². The summed E-state index contributed by atoms with van der Waals surface area (Å²) in [5, 5.41) is 3.27. The van der Waals surface area contributed by atoms with Crippen molar-refractivity contribution in [3.05, 3.63) is 18.2 Å². The molecule has 0 spiro atoms. The molecule has 0 atom stereocenters. The molecule has 1 fully saturated rings. The molecular formula is C12H19N3O2S. The van der Waals surface area contributed by atoms with E-state index in [1.807, 2.05) is 0 Å². The number of hydrogen-bond acceptors (Lipinski definition) is 4. The van der Waals surface area contributed by atoms with Crippen LogP contribution in [0.1, 0.15) is 19.8 Å². The van der Waals surface area contributed by atoms with Crippen molar-refractivity contribution < 1.29 is 8.42 Å². The lowest BCUT2D eigenvalue weighted by molar-refractivity contribution is 0.309. The van der Waals surface area contributed by atoms with E-state index in [0.29, 0.717) is 23.3 Å². The zero-order chi connectivity index (χ0) is 13.3. The standard InChI is InChI=1S/C12H19N3O2S/c1-8-5-10(6-8)15-11-4-3-9(13)7-12(11)18(16,17)14-2/h3-4,7-8,10,14-15H,5-6,13H2,1-2H3. The summed E-state index contributed by atoms with van der Waals surface area (Å²) in [7, 11) is -2.09. The normalized spacial score (nSPS) is 23.4. The summed E-state index contributed by atoms with van der Waals surface area (Å²) in [5.74, 6) is 0.709. The minimum Gasteiger partial charge on any atom is -0.399 e. The molecule has 0 amide bonds. The SMILES string of the molecule is CNS(=O)(=O)c1cc(N)ccc1NC1CC(C)C1. The monoisotopic (exact) mass is 269 g/mol. The third-order valence-corrected chi connectivity index (χ3v) is 4.75. The maximum absolute atomic E-state index is 11.9. The highest BCUT2D eigenvalue weighted by molar-refractivity contribution is 7.89. The van der Waals surface area contributed by atoms with Crippen LogP contribution in [0.25, 0.3) is 0 Å². The van der Waals surface area contributed by atoms with Crippen LogP contribution in [0.5, 0.6) is 0 Å². The minimum absolute atomic E-state index is 0.213. The summed E-state index contributed by atoms with van der Waals surface area (Å²) >= 11 is 0. The van der Waals surface area contributed by atoms with Gasteiger partial charge in [0.15, 0.2) is 0 Å². The molecule has 4 N–H and O–H groups in total. The summed E-state index contributed by atoms with van der Waals surface area (Å²) < 4.78 is 26.2. The van der Waals surface area contributed by atoms with Crippen molar-refractivity contribution in [3.63, 3.8) is 0 Å². The van der Waals surface area contributed by atoms with Gasteiger partial charge in [-0.1, -0.05) is 6.92 Å². The third kappa shape index (κ3) is 2.59. The number of rotatable bonds is 4. The van der Waals surface area contributed by atoms with Gasteiger partial charge in [-0.3, -0.25) is 0 Å². The zero-order valence-electron chi connectivity index (χ0n) is 10.6. The van der Waals surface area contributed by atoms with Crippen LogP contribution in [0.15, 0.2) is 23.1 Å². The molecule has 0 saturated heterocycles. The average molecular weight is 269 g/mol. The van der Waals surface area contributed by atoms with Gasteiger partial charge in [0.25, 0.3) is 0 Å². The minimum atomic E-state index is -3.49. The number of hydrogen-bond donors (Lipinski definition) is 3. The van der Waals surface area contributed by atoms with Gasteiger partial charge >= 0.3 is 0 Å². The third-order valence-electron chi connectivity index (χ3n) is 3.30. The predicted molar refractivity (Wildman–Crippen MR) is 72.9 cm³/mol. The summed E-state index contributed by atoms with van der Waals surface area (Å²) in [4.78, 5) is 0.213. The molecule has 100 valence electrons. The summed E-state index contributed by atoms with van der Waals surface area (Å²) in [5.41, 5.74) is 6.72. The van der Waals surface area contributed by atoms with Crippen LogP contribution in [-0.2, 0) is 10.0 Å². The first-order chi connectivity index (χ1) is 8.42. The van der Waals surface area contributed by atoms with Gasteiger partial charge in [-0.2, -0.15) is 0 Å². The van der Waals surface area contributed by atoms with Crippen LogP contribution in [0.3, 0.4) is 0 Å². The molecule has 18 heavy (non-hydrogen) atoms. The Morgan fingerprint density at radius 2 is 2.00 bits per heavy atom. The van der Waals surface area contributed by atoms with Crippen molar-refractivity contribution in [2.45, 2.75) is 30.7 Å². The quantitative estimate of drug-likeness (QED) is 0.721. The summed E-state index contributed by atoms with van der Waals surface area (Å²) in [6, 6.07) is 5.27. The molecule has 0 unspecified atom stereocenters. The second-order valence-electron chi connectivity index (χ2n) is 4.88. The molecule has 1 saturated carbocycles. The number of sulfonamides is 1. The number of nitrogens with one attached hydrogen (secondary N) is 2. The molecule has 0 aliphatic heterocycles. The van der Waals surface area contributed by atoms with Crippen LogP contribution in [0, 0.1) is 5.92 Å². The molecule has 0 radical (unpaired) electrons. The Morgan fingerprint density at radius 3 is 2.56 bits per heavy atom. The van der Waals surface area contributed by atoms with E-state index in [9.17, 15) is 8.42 Å². The molecular weight excluding hydrogens is 250 g/mol. The number of nitrogen functional groups attached to an aromatic ring is 1. The fourth-order valence-corrected chi connectivity index (χ4v) is 3.16. The smallest absolute Gasteiger partial charge is 0.242 e. The molecule has 0 aromatic heterocycles. The predicted octanol–water partition coefficient (Wildman–Crippen LogP) is 1.39. The maximum Gasteiger partial charge on any atom is 0.242 e. The lowest BCUT2D eigenvalue weighted by Gasteiger charge is -2.34. The van der Waals surface area contributed by atoms with Crippen LogP contribution < -0.4 is 15.8 Å². The highest BCUT2D eigenvalue weighted by Gasteiger charge is 2.27. The van der Waals surface area contributed by atoms with Crippen LogP contribution >= 0.6 is 0 Å². The maximum atomic E-state index is 11.9. The molecule has 0 bridgehead atoms. The van der Waals surface area contributed by atoms with Gasteiger partial charge in [-0.15, -0.1) is 0 Å². The van der Waals surface area contributed by atoms with Crippen molar-refractivity contribution >= 4 is 21.4 Å². The molecule has 0 heterocycles. The van der Waals surface area contributed by atoms with Crippen molar-refractivity contribution in [2.75, 3.05) is 18.1 Å². The van der Waals surface area contributed by atoms with E-state index in [0.717, 1.165) is 12.8 Å². The molecule has 6 heteroatoms. The number of benzene rings is 1. The van der Waals surface area contributed by atoms with E-state index in [1.54, 1.807) is 12.1 Å². The fraction of sp³-hybridized carbons (Fsp3) is 0.500. The topological polar surface area (TPSA) is 84.2 Å². The second kappa shape index (κ2) is 4.78. The Hall–Kier alpha value is -1.27. The number of anilines is 2. The van der Waals surface area contributed by atoms with Gasteiger partial charge in [-0.25, -0.2) is 13.1 Å². The average Bonchev–Trinajstić information content (AvgIpc) is 2.29.